The molecule has 2 heterocycles. The second-order valence-electron chi connectivity index (χ2n) is 9.48. The molecule has 2 N–H and O–H groups in total. The summed E-state index contributed by atoms with van der Waals surface area (Å²) in [6.45, 7) is 6.76. The summed E-state index contributed by atoms with van der Waals surface area (Å²) in [5.74, 6) is -4.01. The standard InChI is InChI=1S/C25H36N2O13S/c1-11-21(36-15(5)31)22(37-16(6)32)18(10-35-14(4)30)38-24(11)40-23-19(27-12(2)28)25(41-8-7-26)39-17(20(23)33)9-34-13(3)29/h11,17-25,33H,8-10H2,1-6H3,(H,27,28)/t11?,17?,18-,19?,20+,21?,22-,23+,24-,25-/m0/s1. The van der Waals surface area contributed by atoms with Crippen molar-refractivity contribution < 1.29 is 62.2 Å². The molecule has 16 heteroatoms. The van der Waals surface area contributed by atoms with Gasteiger partial charge in [0.1, 0.15) is 49.2 Å². The van der Waals surface area contributed by atoms with E-state index in [9.17, 15) is 29.1 Å². The van der Waals surface area contributed by atoms with Crippen LogP contribution < -0.4 is 5.32 Å². The van der Waals surface area contributed by atoms with Gasteiger partial charge in [-0.25, -0.2) is 0 Å². The van der Waals surface area contributed by atoms with E-state index in [0.717, 1.165) is 25.6 Å². The minimum Gasteiger partial charge on any atom is -0.463 e. The molecule has 0 aromatic heterocycles. The van der Waals surface area contributed by atoms with E-state index in [1.807, 2.05) is 6.07 Å². The lowest BCUT2D eigenvalue weighted by Gasteiger charge is -2.48. The Morgan fingerprint density at radius 2 is 1.41 bits per heavy atom. The number of carbonyl (C=O) groups excluding carboxylic acids is 5. The molecule has 15 nitrogen and oxygen atoms in total. The fourth-order valence-corrected chi connectivity index (χ4v) is 5.34. The highest BCUT2D eigenvalue weighted by Crippen LogP contribution is 2.36. The minimum absolute atomic E-state index is 0.0385. The van der Waals surface area contributed by atoms with Gasteiger partial charge in [0.15, 0.2) is 12.4 Å². The fourth-order valence-electron chi connectivity index (χ4n) is 4.45. The molecular weight excluding hydrogens is 568 g/mol. The predicted molar refractivity (Wildman–Crippen MR) is 137 cm³/mol. The first kappa shape index (κ1) is 34.2. The van der Waals surface area contributed by atoms with E-state index >= 15 is 0 Å². The van der Waals surface area contributed by atoms with Crippen LogP contribution in [-0.2, 0) is 57.1 Å². The maximum atomic E-state index is 12.1. The Hall–Kier alpha value is -2.97. The maximum absolute atomic E-state index is 12.1. The molecule has 4 unspecified atom stereocenters. The summed E-state index contributed by atoms with van der Waals surface area (Å²) in [5.41, 5.74) is -0.915. The predicted octanol–water partition coefficient (Wildman–Crippen LogP) is -0.431. The average Bonchev–Trinajstić information content (AvgIpc) is 2.86. The molecule has 0 saturated carbocycles. The van der Waals surface area contributed by atoms with Gasteiger partial charge in [-0.3, -0.25) is 24.0 Å². The molecule has 2 aliphatic heterocycles. The van der Waals surface area contributed by atoms with Crippen LogP contribution in [0.5, 0.6) is 0 Å². The van der Waals surface area contributed by atoms with Crippen molar-refractivity contribution in [2.24, 2.45) is 5.92 Å². The van der Waals surface area contributed by atoms with Gasteiger partial charge in [-0.2, -0.15) is 5.26 Å². The Kier molecular flexibility index (Phi) is 13.3. The number of hydrogen-bond donors (Lipinski definition) is 2. The number of nitrogens with one attached hydrogen (secondary N) is 1. The molecular formula is C25H36N2O13S. The van der Waals surface area contributed by atoms with E-state index < -0.39 is 96.7 Å². The van der Waals surface area contributed by atoms with Gasteiger partial charge in [0, 0.05) is 40.5 Å². The molecule has 41 heavy (non-hydrogen) atoms. The molecule has 2 fully saturated rings. The van der Waals surface area contributed by atoms with E-state index in [2.05, 4.69) is 5.32 Å². The Morgan fingerprint density at radius 3 is 1.93 bits per heavy atom. The normalized spacial score (nSPS) is 33.0. The molecule has 10 atom stereocenters. The second kappa shape index (κ2) is 15.9. The van der Waals surface area contributed by atoms with Crippen molar-refractivity contribution in [1.29, 1.82) is 5.26 Å². The molecule has 2 aliphatic rings. The van der Waals surface area contributed by atoms with Crippen LogP contribution in [0, 0.1) is 17.2 Å². The van der Waals surface area contributed by atoms with E-state index in [1.165, 1.54) is 20.8 Å². The first-order valence-corrected chi connectivity index (χ1v) is 13.8. The summed E-state index contributed by atoms with van der Waals surface area (Å²) in [5, 5.41) is 23.1. The molecule has 0 radical (unpaired) electrons. The summed E-state index contributed by atoms with van der Waals surface area (Å²) in [4.78, 5) is 59.0. The average molecular weight is 605 g/mol. The van der Waals surface area contributed by atoms with Crippen molar-refractivity contribution in [3.63, 3.8) is 0 Å². The van der Waals surface area contributed by atoms with Crippen molar-refractivity contribution in [3.05, 3.63) is 0 Å². The van der Waals surface area contributed by atoms with Crippen LogP contribution >= 0.6 is 11.8 Å². The molecule has 2 rings (SSSR count). The van der Waals surface area contributed by atoms with Gasteiger partial charge < -0.3 is 43.6 Å². The third kappa shape index (κ3) is 10.1. The largest absolute Gasteiger partial charge is 0.463 e. The number of amides is 1. The number of aliphatic hydroxyl groups is 1. The molecule has 0 aromatic carbocycles. The fraction of sp³-hybridized carbons (Fsp3) is 0.760. The number of hydrogen-bond acceptors (Lipinski definition) is 15. The lowest BCUT2D eigenvalue weighted by molar-refractivity contribution is -0.318. The van der Waals surface area contributed by atoms with Gasteiger partial charge in [0.05, 0.1) is 17.9 Å². The summed E-state index contributed by atoms with van der Waals surface area (Å²) in [6, 6.07) is 0.949. The third-order valence-electron chi connectivity index (χ3n) is 6.10. The van der Waals surface area contributed by atoms with Gasteiger partial charge in [-0.05, 0) is 0 Å². The Balaban J connectivity index is 2.48. The highest BCUT2D eigenvalue weighted by Gasteiger charge is 2.53. The van der Waals surface area contributed by atoms with E-state index in [0.29, 0.717) is 0 Å². The summed E-state index contributed by atoms with van der Waals surface area (Å²) < 4.78 is 39.2. The summed E-state index contributed by atoms with van der Waals surface area (Å²) in [6.07, 6.45) is -8.55. The minimum atomic E-state index is -1.48. The Bertz CT molecular complexity index is 1000. The van der Waals surface area contributed by atoms with Gasteiger partial charge >= 0.3 is 23.9 Å². The molecule has 0 aliphatic carbocycles. The number of rotatable bonds is 11. The van der Waals surface area contributed by atoms with Crippen molar-refractivity contribution in [1.82, 2.24) is 5.32 Å². The van der Waals surface area contributed by atoms with Crippen LogP contribution in [0.25, 0.3) is 0 Å². The molecule has 0 spiro atoms. The number of nitriles is 1. The second-order valence-corrected chi connectivity index (χ2v) is 10.6. The zero-order chi connectivity index (χ0) is 30.9. The van der Waals surface area contributed by atoms with Crippen LogP contribution in [0.15, 0.2) is 0 Å². The highest BCUT2D eigenvalue weighted by atomic mass is 32.2. The maximum Gasteiger partial charge on any atom is 0.303 e. The quantitative estimate of drug-likeness (QED) is 0.227. The molecule has 230 valence electrons. The van der Waals surface area contributed by atoms with Crippen molar-refractivity contribution in [2.75, 3.05) is 19.0 Å². The Morgan fingerprint density at radius 1 is 0.854 bits per heavy atom. The number of nitrogens with zero attached hydrogens (tertiary/aromatic N) is 1. The first-order chi connectivity index (χ1) is 19.2. The first-order valence-electron chi connectivity index (χ1n) is 12.8. The van der Waals surface area contributed by atoms with Gasteiger partial charge in [0.2, 0.25) is 5.91 Å². The SMILES string of the molecule is CC(=O)NC1[C@@H](O[C@@H]2O[C@@H](COC(C)=O)[C@H](OC(C)=O)C(OC(C)=O)C2C)[C@H](O)C(COC(C)=O)O[C@H]1SCC#N. The smallest absolute Gasteiger partial charge is 0.303 e. The number of thioether (sulfide) groups is 1. The molecule has 1 amide bonds. The number of ether oxygens (including phenoxy) is 7. The number of carbonyl (C=O) groups is 5. The zero-order valence-corrected chi connectivity index (χ0v) is 24.4. The van der Waals surface area contributed by atoms with E-state index in [1.54, 1.807) is 6.92 Å². The van der Waals surface area contributed by atoms with E-state index in [4.69, 9.17) is 38.4 Å². The summed E-state index contributed by atoms with van der Waals surface area (Å²) in [7, 11) is 0. The number of aliphatic hydroxyl groups excluding tert-OH is 1. The highest BCUT2D eigenvalue weighted by molar-refractivity contribution is 8.00. The van der Waals surface area contributed by atoms with Crippen LogP contribution in [0.1, 0.15) is 41.5 Å². The van der Waals surface area contributed by atoms with Gasteiger partial charge in [0.25, 0.3) is 0 Å². The molecule has 0 bridgehead atoms. The van der Waals surface area contributed by atoms with Crippen LogP contribution in [0.3, 0.4) is 0 Å². The lowest BCUT2D eigenvalue weighted by Crippen LogP contribution is -2.66. The summed E-state index contributed by atoms with van der Waals surface area (Å²) >= 11 is 1.03. The van der Waals surface area contributed by atoms with Crippen molar-refractivity contribution in [3.8, 4) is 6.07 Å². The van der Waals surface area contributed by atoms with Crippen LogP contribution in [0.2, 0.25) is 0 Å². The van der Waals surface area contributed by atoms with Crippen molar-refractivity contribution >= 4 is 41.5 Å². The topological polar surface area (TPSA) is 206 Å². The van der Waals surface area contributed by atoms with Crippen LogP contribution in [0.4, 0.5) is 0 Å². The van der Waals surface area contributed by atoms with Crippen molar-refractivity contribution in [2.45, 2.75) is 95.9 Å². The van der Waals surface area contributed by atoms with Crippen LogP contribution in [-0.4, -0.2) is 108 Å². The van der Waals surface area contributed by atoms with E-state index in [-0.39, 0.29) is 12.4 Å². The zero-order valence-electron chi connectivity index (χ0n) is 23.6. The molecule has 0 aromatic rings. The third-order valence-corrected chi connectivity index (χ3v) is 7.13. The van der Waals surface area contributed by atoms with Gasteiger partial charge in [-0.15, -0.1) is 11.8 Å². The monoisotopic (exact) mass is 604 g/mol. The molecule has 2 saturated heterocycles. The Labute approximate surface area is 241 Å². The number of esters is 4. The lowest BCUT2D eigenvalue weighted by atomic mass is 9.91. The van der Waals surface area contributed by atoms with Gasteiger partial charge in [-0.1, -0.05) is 6.92 Å².